The predicted octanol–water partition coefficient (Wildman–Crippen LogP) is 5.75. The van der Waals surface area contributed by atoms with E-state index in [9.17, 15) is 0 Å². The van der Waals surface area contributed by atoms with Crippen LogP contribution in [0.5, 0.6) is 11.6 Å². The molecular weight excluding hydrogens is 334 g/mol. The Morgan fingerprint density at radius 2 is 1.30 bits per heavy atom. The Labute approximate surface area is 144 Å². The van der Waals surface area contributed by atoms with Crippen molar-refractivity contribution >= 4 is 35.8 Å². The molecule has 0 saturated carbocycles. The maximum atomic E-state index is 6.39. The Hall–Kier alpha value is -0.989. The van der Waals surface area contributed by atoms with Gasteiger partial charge >= 0.3 is 0 Å². The van der Waals surface area contributed by atoms with E-state index in [-0.39, 0.29) is 0 Å². The number of nitrogens with zero attached hydrogens (tertiary/aromatic N) is 1. The molecule has 0 aliphatic carbocycles. The summed E-state index contributed by atoms with van der Waals surface area (Å²) >= 11 is 0. The monoisotopic (exact) mass is 365 g/mol. The summed E-state index contributed by atoms with van der Waals surface area (Å²) in [6.07, 6.45) is 0. The van der Waals surface area contributed by atoms with E-state index >= 15 is 0 Å². The molecule has 2 rings (SSSR count). The number of aromatic nitrogens is 1. The van der Waals surface area contributed by atoms with Crippen LogP contribution < -0.4 is 8.85 Å². The Morgan fingerprint density at radius 1 is 0.739 bits per heavy atom. The van der Waals surface area contributed by atoms with Gasteiger partial charge in [0.05, 0.1) is 0 Å². The zero-order valence-electron chi connectivity index (χ0n) is 16.1. The first-order chi connectivity index (χ1) is 10.3. The molecule has 0 unspecified atom stereocenters. The molecule has 0 atom stereocenters. The summed E-state index contributed by atoms with van der Waals surface area (Å²) in [5.74, 6) is 2.01. The number of benzene rings is 1. The van der Waals surface area contributed by atoms with Crippen LogP contribution in [0.1, 0.15) is 0 Å². The normalized spacial score (nSPS) is 13.4. The van der Waals surface area contributed by atoms with Crippen LogP contribution in [0.15, 0.2) is 24.3 Å². The SMILES string of the molecule is C[Si](C)(C)Oc1ccc2c(c1)cc(O[Si](C)(C)C)n2[Si](C)(C)C. The molecule has 128 valence electrons. The number of hydrogen-bond donors (Lipinski definition) is 0. The summed E-state index contributed by atoms with van der Waals surface area (Å²) in [5, 5.41) is 1.22. The van der Waals surface area contributed by atoms with Gasteiger partial charge < -0.3 is 13.1 Å². The van der Waals surface area contributed by atoms with E-state index in [1.54, 1.807) is 0 Å². The number of hydrogen-bond acceptors (Lipinski definition) is 2. The summed E-state index contributed by atoms with van der Waals surface area (Å²) in [6.45, 7) is 20.4. The lowest BCUT2D eigenvalue weighted by Crippen LogP contribution is -2.36. The van der Waals surface area contributed by atoms with Gasteiger partial charge in [0.25, 0.3) is 0 Å². The molecule has 0 aliphatic rings. The number of fused-ring (bicyclic) bond motifs is 1. The molecule has 0 aliphatic heterocycles. The summed E-state index contributed by atoms with van der Waals surface area (Å²) in [6, 6.07) is 8.67. The van der Waals surface area contributed by atoms with E-state index in [2.05, 4.69) is 87.4 Å². The molecule has 1 aromatic heterocycles. The minimum atomic E-state index is -1.65. The molecule has 0 amide bonds. The Bertz CT molecular complexity index is 703. The fraction of sp³-hybridized carbons (Fsp3) is 0.529. The van der Waals surface area contributed by atoms with Gasteiger partial charge in [-0.05, 0) is 57.5 Å². The van der Waals surface area contributed by atoms with Crippen LogP contribution in [0.3, 0.4) is 0 Å². The number of rotatable bonds is 5. The van der Waals surface area contributed by atoms with Gasteiger partial charge in [-0.25, -0.2) is 0 Å². The minimum absolute atomic E-state index is 0.976. The third-order valence-corrected chi connectivity index (χ3v) is 6.72. The van der Waals surface area contributed by atoms with Crippen LogP contribution in [0.25, 0.3) is 10.9 Å². The van der Waals surface area contributed by atoms with Crippen molar-refractivity contribution in [3.05, 3.63) is 24.3 Å². The molecule has 1 aromatic carbocycles. The first-order valence-corrected chi connectivity index (χ1v) is 18.6. The first kappa shape index (κ1) is 18.4. The topological polar surface area (TPSA) is 23.4 Å². The van der Waals surface area contributed by atoms with Crippen molar-refractivity contribution in [1.82, 2.24) is 4.23 Å². The van der Waals surface area contributed by atoms with Crippen molar-refractivity contribution in [2.45, 2.75) is 58.9 Å². The first-order valence-electron chi connectivity index (χ1n) is 8.30. The predicted molar refractivity (Wildman–Crippen MR) is 109 cm³/mol. The fourth-order valence-electron chi connectivity index (χ4n) is 2.67. The molecule has 0 saturated heterocycles. The smallest absolute Gasteiger partial charge is 0.244 e. The minimum Gasteiger partial charge on any atom is -0.544 e. The van der Waals surface area contributed by atoms with Crippen molar-refractivity contribution in [3.8, 4) is 11.6 Å². The van der Waals surface area contributed by atoms with Gasteiger partial charge in [-0.1, -0.05) is 19.6 Å². The summed E-state index contributed by atoms with van der Waals surface area (Å²) in [7, 11) is -4.81. The van der Waals surface area contributed by atoms with Gasteiger partial charge in [-0.15, -0.1) is 0 Å². The lowest BCUT2D eigenvalue weighted by molar-refractivity contribution is 0.529. The van der Waals surface area contributed by atoms with Crippen molar-refractivity contribution in [1.29, 1.82) is 0 Å². The van der Waals surface area contributed by atoms with Crippen molar-refractivity contribution < 1.29 is 8.85 Å². The highest BCUT2D eigenvalue weighted by atomic mass is 28.4. The second-order valence-corrected chi connectivity index (χ2v) is 22.8. The fourth-order valence-corrected chi connectivity index (χ4v) is 6.07. The highest BCUT2D eigenvalue weighted by molar-refractivity contribution is 6.76. The molecule has 23 heavy (non-hydrogen) atoms. The van der Waals surface area contributed by atoms with E-state index in [1.807, 2.05) is 0 Å². The largest absolute Gasteiger partial charge is 0.544 e. The van der Waals surface area contributed by atoms with Gasteiger partial charge in [0.2, 0.25) is 16.6 Å². The standard InChI is InChI=1S/C17H31NO2Si3/c1-21(2,3)18-16-11-10-15(19-22(4,5)6)12-14(16)13-17(18)20-23(7,8)9/h10-13H,1-9H3. The van der Waals surface area contributed by atoms with E-state index in [1.165, 1.54) is 10.9 Å². The lowest BCUT2D eigenvalue weighted by atomic mass is 10.2. The van der Waals surface area contributed by atoms with E-state index < -0.39 is 24.9 Å². The Morgan fingerprint density at radius 3 is 1.78 bits per heavy atom. The molecule has 1 heterocycles. The van der Waals surface area contributed by atoms with Crippen LogP contribution in [-0.2, 0) is 0 Å². The highest BCUT2D eigenvalue weighted by Gasteiger charge is 2.27. The van der Waals surface area contributed by atoms with E-state index in [0.29, 0.717) is 0 Å². The van der Waals surface area contributed by atoms with Crippen LogP contribution in [-0.4, -0.2) is 29.1 Å². The van der Waals surface area contributed by atoms with Crippen molar-refractivity contribution in [2.24, 2.45) is 0 Å². The maximum Gasteiger partial charge on any atom is 0.244 e. The average Bonchev–Trinajstić information content (AvgIpc) is 2.60. The second-order valence-electron chi connectivity index (χ2n) is 9.14. The Kier molecular flexibility index (Phi) is 4.65. The zero-order chi connectivity index (χ0) is 17.6. The molecule has 0 N–H and O–H groups in total. The summed E-state index contributed by atoms with van der Waals surface area (Å²) in [5.41, 5.74) is 1.26. The van der Waals surface area contributed by atoms with Gasteiger partial charge in [0.15, 0.2) is 14.1 Å². The summed E-state index contributed by atoms with van der Waals surface area (Å²) < 4.78 is 15.0. The maximum absolute atomic E-state index is 6.39. The van der Waals surface area contributed by atoms with Crippen LogP contribution >= 0.6 is 0 Å². The van der Waals surface area contributed by atoms with Gasteiger partial charge in [-0.2, -0.15) is 0 Å². The quantitative estimate of drug-likeness (QED) is 0.630. The third-order valence-electron chi connectivity index (χ3n) is 3.24. The third kappa shape index (κ3) is 4.74. The van der Waals surface area contributed by atoms with Crippen LogP contribution in [0, 0.1) is 0 Å². The summed E-state index contributed by atoms with van der Waals surface area (Å²) in [4.78, 5) is 0. The van der Waals surface area contributed by atoms with Crippen molar-refractivity contribution in [3.63, 3.8) is 0 Å². The molecular formula is C17H31NO2Si3. The Balaban J connectivity index is 2.57. The van der Waals surface area contributed by atoms with E-state index in [0.717, 1.165) is 11.6 Å². The zero-order valence-corrected chi connectivity index (χ0v) is 19.1. The molecule has 0 fully saturated rings. The van der Waals surface area contributed by atoms with Gasteiger partial charge in [-0.3, -0.25) is 0 Å². The average molecular weight is 366 g/mol. The van der Waals surface area contributed by atoms with Gasteiger partial charge in [0.1, 0.15) is 5.75 Å². The molecule has 3 nitrogen and oxygen atoms in total. The second kappa shape index (κ2) is 5.82. The van der Waals surface area contributed by atoms with Gasteiger partial charge in [0, 0.05) is 17.0 Å². The van der Waals surface area contributed by atoms with Crippen LogP contribution in [0.2, 0.25) is 58.9 Å². The highest BCUT2D eigenvalue weighted by Crippen LogP contribution is 2.33. The van der Waals surface area contributed by atoms with Crippen LogP contribution in [0.4, 0.5) is 0 Å². The lowest BCUT2D eigenvalue weighted by Gasteiger charge is -2.27. The molecule has 6 heteroatoms. The molecule has 0 radical (unpaired) electrons. The van der Waals surface area contributed by atoms with Crippen molar-refractivity contribution in [2.75, 3.05) is 0 Å². The molecule has 0 spiro atoms. The molecule has 0 bridgehead atoms. The van der Waals surface area contributed by atoms with E-state index in [4.69, 9.17) is 8.85 Å². The molecule has 2 aromatic rings.